The van der Waals surface area contributed by atoms with E-state index in [1.165, 1.54) is 39.0 Å². The first kappa shape index (κ1) is 35.1. The molecule has 0 radical (unpaired) electrons. The summed E-state index contributed by atoms with van der Waals surface area (Å²) in [6.45, 7) is 1.43. The van der Waals surface area contributed by atoms with Gasteiger partial charge >= 0.3 is 5.97 Å². The number of amides is 2. The molecule has 3 aromatic carbocycles. The van der Waals surface area contributed by atoms with Gasteiger partial charge in [0.15, 0.2) is 11.5 Å². The number of benzene rings is 2. The fourth-order valence-electron chi connectivity index (χ4n) is 5.84. The van der Waals surface area contributed by atoms with Crippen molar-refractivity contribution in [2.45, 2.75) is 50.7 Å². The van der Waals surface area contributed by atoms with Crippen molar-refractivity contribution in [3.05, 3.63) is 81.5 Å². The highest BCUT2D eigenvalue weighted by atomic mass is 32.2. The number of anilines is 1. The van der Waals surface area contributed by atoms with Crippen molar-refractivity contribution in [2.24, 2.45) is 0 Å². The van der Waals surface area contributed by atoms with Gasteiger partial charge in [-0.15, -0.1) is 0 Å². The average molecular weight is 664 g/mol. The normalized spacial score (nSPS) is 14.7. The number of carboxylic acid groups (broad SMARTS) is 1. The van der Waals surface area contributed by atoms with E-state index < -0.39 is 35.4 Å². The van der Waals surface area contributed by atoms with E-state index in [0.717, 1.165) is 11.1 Å². The van der Waals surface area contributed by atoms with Gasteiger partial charge in [0, 0.05) is 18.9 Å². The van der Waals surface area contributed by atoms with Crippen LogP contribution in [0.5, 0.6) is 17.2 Å². The minimum Gasteiger partial charge on any atom is -0.493 e. The Hall–Kier alpha value is -4.71. The molecule has 0 aromatic heterocycles. The van der Waals surface area contributed by atoms with Crippen molar-refractivity contribution in [1.82, 2.24) is 10.6 Å². The number of hydrogen-bond acceptors (Lipinski definition) is 9. The van der Waals surface area contributed by atoms with Crippen molar-refractivity contribution < 1.29 is 33.7 Å². The molecule has 0 heterocycles. The third kappa shape index (κ3) is 8.37. The standard InChI is InChI=1S/C35H41N3O8S/c1-20(39)36-25-13-11-22-18-30(44-2)32(45-3)33(46-4)31(22)23-12-14-26(29(40)19-24(23)25)37-27(15-16-47-5)34(41)38-28(35(42)43)17-21-9-7-6-8-10-21/h6-10,12,14,18-19,25,27-28H,11,13,15-17H2,1-5H3,(H,36,39)(H,37,40)(H,38,41)(H,42,43)/t25-,27-,28-/m0/s1. The lowest BCUT2D eigenvalue weighted by Crippen LogP contribution is -2.49. The summed E-state index contributed by atoms with van der Waals surface area (Å²) in [5, 5.41) is 18.6. The first-order chi connectivity index (χ1) is 22.6. The lowest BCUT2D eigenvalue weighted by atomic mass is 9.95. The van der Waals surface area contributed by atoms with E-state index in [1.54, 1.807) is 31.4 Å². The first-order valence-electron chi connectivity index (χ1n) is 15.2. The molecule has 0 spiro atoms. The van der Waals surface area contributed by atoms with Crippen LogP contribution in [0.25, 0.3) is 11.1 Å². The number of aliphatic carboxylic acids is 1. The van der Waals surface area contributed by atoms with Crippen LogP contribution in [0.3, 0.4) is 0 Å². The van der Waals surface area contributed by atoms with Crippen molar-refractivity contribution in [2.75, 3.05) is 38.7 Å². The van der Waals surface area contributed by atoms with Gasteiger partial charge in [-0.2, -0.15) is 11.8 Å². The van der Waals surface area contributed by atoms with Crippen LogP contribution < -0.4 is 35.6 Å². The monoisotopic (exact) mass is 663 g/mol. The molecule has 1 aliphatic rings. The fraction of sp³-hybridized carbons (Fsp3) is 0.371. The predicted molar refractivity (Wildman–Crippen MR) is 183 cm³/mol. The molecule has 250 valence electrons. The van der Waals surface area contributed by atoms with Gasteiger partial charge in [0.2, 0.25) is 23.0 Å². The zero-order chi connectivity index (χ0) is 34.1. The van der Waals surface area contributed by atoms with E-state index in [0.29, 0.717) is 59.0 Å². The van der Waals surface area contributed by atoms with Gasteiger partial charge < -0.3 is 35.3 Å². The largest absolute Gasteiger partial charge is 0.493 e. The highest BCUT2D eigenvalue weighted by Crippen LogP contribution is 2.50. The molecule has 3 atom stereocenters. The van der Waals surface area contributed by atoms with Crippen LogP contribution in [-0.2, 0) is 27.2 Å². The van der Waals surface area contributed by atoms with Crippen molar-refractivity contribution in [1.29, 1.82) is 0 Å². The summed E-state index contributed by atoms with van der Waals surface area (Å²) in [5.41, 5.74) is 3.35. The molecule has 11 nitrogen and oxygen atoms in total. The number of rotatable bonds is 14. The summed E-state index contributed by atoms with van der Waals surface area (Å²) >= 11 is 1.53. The number of aryl methyl sites for hydroxylation is 1. The second-order valence-electron chi connectivity index (χ2n) is 11.2. The molecule has 0 unspecified atom stereocenters. The van der Waals surface area contributed by atoms with Crippen molar-refractivity contribution >= 4 is 35.2 Å². The Morgan fingerprint density at radius 2 is 1.70 bits per heavy atom. The molecule has 0 aliphatic heterocycles. The summed E-state index contributed by atoms with van der Waals surface area (Å²) in [6, 6.07) is 13.2. The minimum absolute atomic E-state index is 0.108. The van der Waals surface area contributed by atoms with Gasteiger partial charge in [-0.25, -0.2) is 4.79 Å². The molecule has 0 fully saturated rings. The van der Waals surface area contributed by atoms with Crippen LogP contribution in [0.15, 0.2) is 59.4 Å². The molecular weight excluding hydrogens is 622 g/mol. The molecule has 12 heteroatoms. The quantitative estimate of drug-likeness (QED) is 0.197. The number of nitrogens with one attached hydrogen (secondary N) is 3. The van der Waals surface area contributed by atoms with Gasteiger partial charge in [0.1, 0.15) is 12.1 Å². The van der Waals surface area contributed by atoms with Crippen LogP contribution in [0.2, 0.25) is 0 Å². The zero-order valence-electron chi connectivity index (χ0n) is 27.2. The molecule has 4 rings (SSSR count). The number of carboxylic acids is 1. The van der Waals surface area contributed by atoms with Crippen LogP contribution >= 0.6 is 11.8 Å². The van der Waals surface area contributed by atoms with E-state index in [9.17, 15) is 24.3 Å². The highest BCUT2D eigenvalue weighted by Gasteiger charge is 2.30. The number of thioether (sulfide) groups is 1. The molecule has 0 saturated carbocycles. The summed E-state index contributed by atoms with van der Waals surface area (Å²) in [6.07, 6.45) is 3.40. The third-order valence-corrected chi connectivity index (χ3v) is 8.71. The van der Waals surface area contributed by atoms with Crippen LogP contribution in [0, 0.1) is 0 Å². The van der Waals surface area contributed by atoms with E-state index >= 15 is 0 Å². The Kier molecular flexibility index (Phi) is 12.1. The number of methoxy groups -OCH3 is 3. The number of carbonyl (C=O) groups excluding carboxylic acids is 2. The second-order valence-corrected chi connectivity index (χ2v) is 12.1. The minimum atomic E-state index is -1.16. The summed E-state index contributed by atoms with van der Waals surface area (Å²) in [5.74, 6) is -0.0453. The van der Waals surface area contributed by atoms with Gasteiger partial charge in [-0.3, -0.25) is 14.4 Å². The predicted octanol–water partition coefficient (Wildman–Crippen LogP) is 4.21. The van der Waals surface area contributed by atoms with Crippen molar-refractivity contribution in [3.8, 4) is 28.4 Å². The van der Waals surface area contributed by atoms with Crippen LogP contribution in [0.4, 0.5) is 5.69 Å². The summed E-state index contributed by atoms with van der Waals surface area (Å²) in [7, 11) is 4.58. The number of hydrogen-bond donors (Lipinski definition) is 4. The Balaban J connectivity index is 1.78. The topological polar surface area (TPSA) is 152 Å². The fourth-order valence-corrected chi connectivity index (χ4v) is 6.31. The first-order valence-corrected chi connectivity index (χ1v) is 16.6. The summed E-state index contributed by atoms with van der Waals surface area (Å²) in [4.78, 5) is 51.8. The van der Waals surface area contributed by atoms with Gasteiger partial charge in [-0.1, -0.05) is 36.4 Å². The van der Waals surface area contributed by atoms with E-state index in [4.69, 9.17) is 14.2 Å². The number of ether oxygens (including phenoxy) is 3. The maximum Gasteiger partial charge on any atom is 0.326 e. The Morgan fingerprint density at radius 3 is 2.32 bits per heavy atom. The second kappa shape index (κ2) is 16.2. The zero-order valence-corrected chi connectivity index (χ0v) is 28.0. The molecule has 4 N–H and O–H groups in total. The van der Waals surface area contributed by atoms with E-state index in [1.807, 2.05) is 30.5 Å². The maximum absolute atomic E-state index is 13.8. The lowest BCUT2D eigenvalue weighted by molar-refractivity contribution is -0.141. The molecule has 47 heavy (non-hydrogen) atoms. The molecule has 0 bridgehead atoms. The van der Waals surface area contributed by atoms with Crippen LogP contribution in [0.1, 0.15) is 42.5 Å². The smallest absolute Gasteiger partial charge is 0.326 e. The highest BCUT2D eigenvalue weighted by molar-refractivity contribution is 7.98. The number of fused-ring (bicyclic) bond motifs is 3. The Bertz CT molecular complexity index is 1670. The molecule has 1 aliphatic carbocycles. The molecule has 2 amide bonds. The van der Waals surface area contributed by atoms with E-state index in [-0.39, 0.29) is 18.0 Å². The van der Waals surface area contributed by atoms with Crippen LogP contribution in [-0.4, -0.2) is 68.3 Å². The Labute approximate surface area is 278 Å². The maximum atomic E-state index is 13.8. The third-order valence-electron chi connectivity index (χ3n) is 8.07. The lowest BCUT2D eigenvalue weighted by Gasteiger charge is -2.22. The van der Waals surface area contributed by atoms with Gasteiger partial charge in [0.25, 0.3) is 0 Å². The van der Waals surface area contributed by atoms with E-state index in [2.05, 4.69) is 16.0 Å². The Morgan fingerprint density at radius 1 is 0.979 bits per heavy atom. The summed E-state index contributed by atoms with van der Waals surface area (Å²) < 4.78 is 17.1. The average Bonchev–Trinajstić information content (AvgIpc) is 3.30. The van der Waals surface area contributed by atoms with Gasteiger partial charge in [-0.05, 0) is 71.7 Å². The molecular formula is C35H41N3O8S. The SMILES string of the molecule is COc1cc2c(c(OC)c1OC)-c1ccc(N[C@@H](CCSC)C(=O)N[C@@H](Cc3ccccc3)C(=O)O)c(=O)cc1[C@@H](NC(C)=O)CC2. The molecule has 3 aromatic rings. The van der Waals surface area contributed by atoms with Crippen molar-refractivity contribution in [3.63, 3.8) is 0 Å². The van der Waals surface area contributed by atoms with Gasteiger partial charge in [0.05, 0.1) is 33.1 Å². The number of carbonyl (C=O) groups is 3. The molecule has 0 saturated heterocycles.